The molecule has 0 aliphatic heterocycles. The third-order valence-electron chi connectivity index (χ3n) is 3.00. The number of carbonyl (C=O) groups excluding carboxylic acids is 2. The molecule has 20 heavy (non-hydrogen) atoms. The van der Waals surface area contributed by atoms with E-state index in [1.165, 1.54) is 13.0 Å². The molecule has 4 heteroatoms. The summed E-state index contributed by atoms with van der Waals surface area (Å²) < 4.78 is 0. The second kappa shape index (κ2) is 6.89. The maximum Gasteiger partial charge on any atom is 0.244 e. The standard InChI is InChI=1S/C16H22N2O2/c1-5-16(3,4)18-15(20)11-8-13-6-9-14(10-7-13)17-12(2)19/h6-11H,5H2,1-4H3,(H,17,19)(H,18,20)/b11-8+. The van der Waals surface area contributed by atoms with Gasteiger partial charge in [0.2, 0.25) is 11.8 Å². The van der Waals surface area contributed by atoms with E-state index >= 15 is 0 Å². The summed E-state index contributed by atoms with van der Waals surface area (Å²) in [6, 6.07) is 7.30. The van der Waals surface area contributed by atoms with Gasteiger partial charge in [-0.25, -0.2) is 0 Å². The van der Waals surface area contributed by atoms with Gasteiger partial charge in [0.15, 0.2) is 0 Å². The average Bonchev–Trinajstić information content (AvgIpc) is 2.37. The van der Waals surface area contributed by atoms with Gasteiger partial charge in [-0.05, 0) is 44.0 Å². The number of benzene rings is 1. The lowest BCUT2D eigenvalue weighted by Crippen LogP contribution is -2.41. The molecule has 0 atom stereocenters. The minimum Gasteiger partial charge on any atom is -0.348 e. The lowest BCUT2D eigenvalue weighted by Gasteiger charge is -2.23. The number of amides is 2. The van der Waals surface area contributed by atoms with Crippen LogP contribution in [0.5, 0.6) is 0 Å². The molecule has 108 valence electrons. The zero-order valence-corrected chi connectivity index (χ0v) is 12.5. The fraction of sp³-hybridized carbons (Fsp3) is 0.375. The molecule has 0 heterocycles. The summed E-state index contributed by atoms with van der Waals surface area (Å²) in [6.07, 6.45) is 4.14. The first-order valence-corrected chi connectivity index (χ1v) is 6.70. The molecular formula is C16H22N2O2. The van der Waals surface area contributed by atoms with Crippen LogP contribution in [0, 0.1) is 0 Å². The molecule has 0 spiro atoms. The highest BCUT2D eigenvalue weighted by molar-refractivity contribution is 5.92. The van der Waals surface area contributed by atoms with Crippen molar-refractivity contribution in [2.24, 2.45) is 0 Å². The van der Waals surface area contributed by atoms with Crippen LogP contribution in [0.3, 0.4) is 0 Å². The summed E-state index contributed by atoms with van der Waals surface area (Å²) in [5, 5.41) is 5.62. The lowest BCUT2D eigenvalue weighted by molar-refractivity contribution is -0.118. The van der Waals surface area contributed by atoms with Crippen LogP contribution in [0.2, 0.25) is 0 Å². The van der Waals surface area contributed by atoms with Gasteiger partial charge in [-0.1, -0.05) is 19.1 Å². The predicted octanol–water partition coefficient (Wildman–Crippen LogP) is 2.96. The quantitative estimate of drug-likeness (QED) is 0.811. The van der Waals surface area contributed by atoms with E-state index in [4.69, 9.17) is 0 Å². The van der Waals surface area contributed by atoms with Gasteiger partial charge in [0.25, 0.3) is 0 Å². The Hall–Kier alpha value is -2.10. The SMILES string of the molecule is CCC(C)(C)NC(=O)/C=C/c1ccc(NC(C)=O)cc1. The van der Waals surface area contributed by atoms with Gasteiger partial charge < -0.3 is 10.6 Å². The van der Waals surface area contributed by atoms with E-state index in [1.54, 1.807) is 18.2 Å². The van der Waals surface area contributed by atoms with Crippen LogP contribution in [-0.2, 0) is 9.59 Å². The van der Waals surface area contributed by atoms with Crippen molar-refractivity contribution in [3.8, 4) is 0 Å². The third-order valence-corrected chi connectivity index (χ3v) is 3.00. The molecule has 0 unspecified atom stereocenters. The van der Waals surface area contributed by atoms with E-state index in [9.17, 15) is 9.59 Å². The summed E-state index contributed by atoms with van der Waals surface area (Å²) >= 11 is 0. The summed E-state index contributed by atoms with van der Waals surface area (Å²) in [5.41, 5.74) is 1.45. The smallest absolute Gasteiger partial charge is 0.244 e. The molecule has 0 aliphatic carbocycles. The zero-order valence-electron chi connectivity index (χ0n) is 12.5. The topological polar surface area (TPSA) is 58.2 Å². The minimum atomic E-state index is -0.198. The van der Waals surface area contributed by atoms with E-state index in [-0.39, 0.29) is 17.4 Å². The van der Waals surface area contributed by atoms with Gasteiger partial charge in [-0.2, -0.15) is 0 Å². The fourth-order valence-electron chi connectivity index (χ4n) is 1.52. The Morgan fingerprint density at radius 2 is 1.80 bits per heavy atom. The van der Waals surface area contributed by atoms with Gasteiger partial charge >= 0.3 is 0 Å². The van der Waals surface area contributed by atoms with E-state index in [2.05, 4.69) is 10.6 Å². The van der Waals surface area contributed by atoms with Crippen molar-refractivity contribution in [1.82, 2.24) is 5.32 Å². The number of anilines is 1. The number of nitrogens with one attached hydrogen (secondary N) is 2. The molecule has 1 aromatic rings. The normalized spacial score (nSPS) is 11.4. The molecule has 0 saturated carbocycles. The van der Waals surface area contributed by atoms with Crippen molar-refractivity contribution < 1.29 is 9.59 Å². The Labute approximate surface area is 120 Å². The van der Waals surface area contributed by atoms with Gasteiger partial charge in [-0.3, -0.25) is 9.59 Å². The lowest BCUT2D eigenvalue weighted by atomic mass is 10.0. The van der Waals surface area contributed by atoms with Crippen molar-refractivity contribution in [1.29, 1.82) is 0 Å². The Kier molecular flexibility index (Phi) is 5.50. The van der Waals surface area contributed by atoms with Crippen LogP contribution < -0.4 is 10.6 Å². The van der Waals surface area contributed by atoms with Crippen LogP contribution in [0.15, 0.2) is 30.3 Å². The van der Waals surface area contributed by atoms with Crippen LogP contribution in [0.4, 0.5) is 5.69 Å². The largest absolute Gasteiger partial charge is 0.348 e. The first-order chi connectivity index (χ1) is 9.32. The summed E-state index contributed by atoms with van der Waals surface area (Å²) in [6.45, 7) is 7.47. The first kappa shape index (κ1) is 16.0. The van der Waals surface area contributed by atoms with E-state index < -0.39 is 0 Å². The van der Waals surface area contributed by atoms with Gasteiger partial charge in [0.1, 0.15) is 0 Å². The monoisotopic (exact) mass is 274 g/mol. The molecule has 0 saturated heterocycles. The molecule has 1 rings (SSSR count). The van der Waals surface area contributed by atoms with Gasteiger partial charge in [0, 0.05) is 24.2 Å². The predicted molar refractivity (Wildman–Crippen MR) is 82.3 cm³/mol. The Bertz CT molecular complexity index is 502. The fourth-order valence-corrected chi connectivity index (χ4v) is 1.52. The minimum absolute atomic E-state index is 0.102. The Morgan fingerprint density at radius 1 is 1.20 bits per heavy atom. The molecule has 0 bridgehead atoms. The highest BCUT2D eigenvalue weighted by Crippen LogP contribution is 2.11. The Balaban J connectivity index is 2.62. The van der Waals surface area contributed by atoms with Gasteiger partial charge in [0.05, 0.1) is 0 Å². The van der Waals surface area contributed by atoms with Crippen LogP contribution in [0.25, 0.3) is 6.08 Å². The number of rotatable bonds is 5. The molecule has 2 N–H and O–H groups in total. The highest BCUT2D eigenvalue weighted by Gasteiger charge is 2.15. The second-order valence-electron chi connectivity index (χ2n) is 5.36. The molecule has 0 radical (unpaired) electrons. The number of hydrogen-bond acceptors (Lipinski definition) is 2. The van der Waals surface area contributed by atoms with E-state index in [1.807, 2.05) is 32.9 Å². The van der Waals surface area contributed by atoms with E-state index in [0.717, 1.165) is 17.7 Å². The number of hydrogen-bond donors (Lipinski definition) is 2. The number of carbonyl (C=O) groups is 2. The van der Waals surface area contributed by atoms with Crippen molar-refractivity contribution in [2.45, 2.75) is 39.7 Å². The zero-order chi connectivity index (χ0) is 15.2. The van der Waals surface area contributed by atoms with Crippen molar-refractivity contribution in [3.63, 3.8) is 0 Å². The molecular weight excluding hydrogens is 252 g/mol. The van der Waals surface area contributed by atoms with Crippen molar-refractivity contribution >= 4 is 23.6 Å². The van der Waals surface area contributed by atoms with Crippen LogP contribution in [0.1, 0.15) is 39.7 Å². The Morgan fingerprint density at radius 3 is 2.30 bits per heavy atom. The maximum atomic E-state index is 11.7. The maximum absolute atomic E-state index is 11.7. The van der Waals surface area contributed by atoms with E-state index in [0.29, 0.717) is 0 Å². The van der Waals surface area contributed by atoms with Gasteiger partial charge in [-0.15, -0.1) is 0 Å². The molecule has 0 aromatic heterocycles. The average molecular weight is 274 g/mol. The molecule has 0 aliphatic rings. The van der Waals surface area contributed by atoms with Crippen molar-refractivity contribution in [3.05, 3.63) is 35.9 Å². The molecule has 4 nitrogen and oxygen atoms in total. The van der Waals surface area contributed by atoms with Crippen LogP contribution in [-0.4, -0.2) is 17.4 Å². The molecule has 1 aromatic carbocycles. The first-order valence-electron chi connectivity index (χ1n) is 6.70. The second-order valence-corrected chi connectivity index (χ2v) is 5.36. The molecule has 0 fully saturated rings. The van der Waals surface area contributed by atoms with Crippen molar-refractivity contribution in [2.75, 3.05) is 5.32 Å². The third kappa shape index (κ3) is 5.69. The highest BCUT2D eigenvalue weighted by atomic mass is 16.2. The summed E-state index contributed by atoms with van der Waals surface area (Å²) in [5.74, 6) is -0.211. The van der Waals surface area contributed by atoms with Crippen LogP contribution >= 0.6 is 0 Å². The summed E-state index contributed by atoms with van der Waals surface area (Å²) in [4.78, 5) is 22.6. The molecule has 2 amide bonds. The summed E-state index contributed by atoms with van der Waals surface area (Å²) in [7, 11) is 0.